The van der Waals surface area contributed by atoms with Gasteiger partial charge in [-0.3, -0.25) is 4.98 Å². The Morgan fingerprint density at radius 3 is 3.00 bits per heavy atom. The summed E-state index contributed by atoms with van der Waals surface area (Å²) < 4.78 is 0. The first-order chi connectivity index (χ1) is 7.81. The second kappa shape index (κ2) is 5.18. The van der Waals surface area contributed by atoms with Crippen molar-refractivity contribution in [3.05, 3.63) is 35.2 Å². The molecule has 0 spiro atoms. The molecule has 84 valence electrons. The molecule has 4 heteroatoms. The zero-order valence-electron chi connectivity index (χ0n) is 9.53. The first-order valence-corrected chi connectivity index (χ1v) is 6.14. The molecule has 0 aromatic carbocycles. The second-order valence-electron chi connectivity index (χ2n) is 3.62. The zero-order chi connectivity index (χ0) is 11.4. The maximum Gasteiger partial charge on any atom is 0.0947 e. The average molecular weight is 233 g/mol. The number of hydrogen-bond acceptors (Lipinski definition) is 4. The van der Waals surface area contributed by atoms with Crippen LogP contribution in [0.15, 0.2) is 24.5 Å². The fourth-order valence-corrected chi connectivity index (χ4v) is 2.61. The molecule has 0 unspecified atom stereocenters. The summed E-state index contributed by atoms with van der Waals surface area (Å²) in [6, 6.07) is 4.04. The fourth-order valence-electron chi connectivity index (χ4n) is 1.56. The topological polar surface area (TPSA) is 37.8 Å². The summed E-state index contributed by atoms with van der Waals surface area (Å²) in [5.41, 5.74) is 2.26. The highest BCUT2D eigenvalue weighted by atomic mass is 32.1. The number of aromatic nitrogens is 2. The van der Waals surface area contributed by atoms with Crippen LogP contribution in [0.4, 0.5) is 0 Å². The van der Waals surface area contributed by atoms with Crippen molar-refractivity contribution in [2.75, 3.05) is 13.6 Å². The number of rotatable bonds is 4. The van der Waals surface area contributed by atoms with Gasteiger partial charge in [0, 0.05) is 30.9 Å². The molecule has 2 rings (SSSR count). The van der Waals surface area contributed by atoms with Gasteiger partial charge in [0.05, 0.1) is 15.6 Å². The van der Waals surface area contributed by atoms with Gasteiger partial charge in [0.15, 0.2) is 0 Å². The van der Waals surface area contributed by atoms with Crippen LogP contribution in [0.2, 0.25) is 0 Å². The summed E-state index contributed by atoms with van der Waals surface area (Å²) in [4.78, 5) is 9.95. The van der Waals surface area contributed by atoms with Gasteiger partial charge in [-0.25, -0.2) is 4.98 Å². The van der Waals surface area contributed by atoms with Crippen molar-refractivity contribution in [2.45, 2.75) is 13.3 Å². The monoisotopic (exact) mass is 233 g/mol. The normalized spacial score (nSPS) is 10.6. The van der Waals surface area contributed by atoms with Crippen LogP contribution in [0.5, 0.6) is 0 Å². The maximum absolute atomic E-state index is 4.58. The van der Waals surface area contributed by atoms with Gasteiger partial charge in [0.25, 0.3) is 0 Å². The molecule has 0 aliphatic rings. The Morgan fingerprint density at radius 2 is 2.31 bits per heavy atom. The largest absolute Gasteiger partial charge is 0.319 e. The Hall–Kier alpha value is -1.26. The Bertz CT molecular complexity index is 451. The number of likely N-dealkylation sites (N-methyl/N-ethyl adjacent to an activating group) is 1. The van der Waals surface area contributed by atoms with Gasteiger partial charge < -0.3 is 5.32 Å². The van der Waals surface area contributed by atoms with Crippen LogP contribution in [0, 0.1) is 6.92 Å². The minimum absolute atomic E-state index is 0.972. The molecule has 0 amide bonds. The Kier molecular flexibility index (Phi) is 3.64. The van der Waals surface area contributed by atoms with Crippen molar-refractivity contribution in [3.63, 3.8) is 0 Å². The SMILES string of the molecule is CNCCc1nc(C)c(-c2cccnc2)s1. The first-order valence-electron chi connectivity index (χ1n) is 5.32. The van der Waals surface area contributed by atoms with E-state index in [0.29, 0.717) is 0 Å². The predicted octanol–water partition coefficient (Wildman–Crippen LogP) is 2.28. The van der Waals surface area contributed by atoms with Crippen molar-refractivity contribution >= 4 is 11.3 Å². The van der Waals surface area contributed by atoms with E-state index in [1.807, 2.05) is 19.3 Å². The Labute approximate surface area is 99.6 Å². The van der Waals surface area contributed by atoms with E-state index in [9.17, 15) is 0 Å². The lowest BCUT2D eigenvalue weighted by molar-refractivity contribution is 0.786. The van der Waals surface area contributed by atoms with E-state index < -0.39 is 0 Å². The fraction of sp³-hybridized carbons (Fsp3) is 0.333. The van der Waals surface area contributed by atoms with Gasteiger partial charge in [-0.1, -0.05) is 6.07 Å². The summed E-state index contributed by atoms with van der Waals surface area (Å²) in [6.07, 6.45) is 4.67. The van der Waals surface area contributed by atoms with E-state index in [4.69, 9.17) is 0 Å². The van der Waals surface area contributed by atoms with E-state index in [-0.39, 0.29) is 0 Å². The van der Waals surface area contributed by atoms with Crippen LogP contribution in [-0.2, 0) is 6.42 Å². The van der Waals surface area contributed by atoms with E-state index in [1.54, 1.807) is 17.5 Å². The molecule has 16 heavy (non-hydrogen) atoms. The van der Waals surface area contributed by atoms with Gasteiger partial charge in [-0.05, 0) is 20.0 Å². The highest BCUT2D eigenvalue weighted by Crippen LogP contribution is 2.29. The van der Waals surface area contributed by atoms with Crippen LogP contribution in [0.3, 0.4) is 0 Å². The van der Waals surface area contributed by atoms with Crippen molar-refractivity contribution in [2.24, 2.45) is 0 Å². The van der Waals surface area contributed by atoms with Gasteiger partial charge in [-0.15, -0.1) is 11.3 Å². The quantitative estimate of drug-likeness (QED) is 0.880. The molecule has 2 aromatic heterocycles. The highest BCUT2D eigenvalue weighted by molar-refractivity contribution is 7.15. The third-order valence-electron chi connectivity index (χ3n) is 2.35. The predicted molar refractivity (Wildman–Crippen MR) is 67.7 cm³/mol. The maximum atomic E-state index is 4.58. The van der Waals surface area contributed by atoms with E-state index in [2.05, 4.69) is 28.3 Å². The Balaban J connectivity index is 2.25. The van der Waals surface area contributed by atoms with Crippen LogP contribution in [0.1, 0.15) is 10.7 Å². The molecular formula is C12H15N3S. The van der Waals surface area contributed by atoms with Crippen LogP contribution >= 0.6 is 11.3 Å². The molecule has 0 aliphatic heterocycles. The molecule has 0 atom stereocenters. The number of hydrogen-bond donors (Lipinski definition) is 1. The van der Waals surface area contributed by atoms with Crippen LogP contribution in [0.25, 0.3) is 10.4 Å². The molecule has 0 radical (unpaired) electrons. The molecular weight excluding hydrogens is 218 g/mol. The summed E-state index contributed by atoms with van der Waals surface area (Å²) in [6.45, 7) is 3.03. The van der Waals surface area contributed by atoms with Crippen LogP contribution < -0.4 is 5.32 Å². The summed E-state index contributed by atoms with van der Waals surface area (Å²) in [7, 11) is 1.96. The third kappa shape index (κ3) is 2.46. The van der Waals surface area contributed by atoms with Gasteiger partial charge in [0.1, 0.15) is 0 Å². The van der Waals surface area contributed by atoms with Crippen molar-refractivity contribution < 1.29 is 0 Å². The molecule has 0 bridgehead atoms. The molecule has 0 fully saturated rings. The molecule has 2 aromatic rings. The number of nitrogens with zero attached hydrogens (tertiary/aromatic N) is 2. The molecule has 0 saturated carbocycles. The average Bonchev–Trinajstić information content (AvgIpc) is 2.69. The number of pyridine rings is 1. The molecule has 0 aliphatic carbocycles. The summed E-state index contributed by atoms with van der Waals surface area (Å²) in [5.74, 6) is 0. The highest BCUT2D eigenvalue weighted by Gasteiger charge is 2.08. The number of aryl methyl sites for hydroxylation is 1. The van der Waals surface area contributed by atoms with Gasteiger partial charge >= 0.3 is 0 Å². The smallest absolute Gasteiger partial charge is 0.0947 e. The lowest BCUT2D eigenvalue weighted by atomic mass is 10.2. The molecule has 2 heterocycles. The summed E-state index contributed by atoms with van der Waals surface area (Å²) in [5, 5.41) is 4.32. The molecule has 0 saturated heterocycles. The van der Waals surface area contributed by atoms with Crippen molar-refractivity contribution in [1.29, 1.82) is 0 Å². The van der Waals surface area contributed by atoms with Crippen LogP contribution in [-0.4, -0.2) is 23.6 Å². The minimum atomic E-state index is 0.972. The van der Waals surface area contributed by atoms with Gasteiger partial charge in [-0.2, -0.15) is 0 Å². The Morgan fingerprint density at radius 1 is 1.44 bits per heavy atom. The molecule has 1 N–H and O–H groups in total. The van der Waals surface area contributed by atoms with Crippen molar-refractivity contribution in [3.8, 4) is 10.4 Å². The standard InChI is InChI=1S/C12H15N3S/c1-9-12(10-4-3-6-14-8-10)16-11(15-9)5-7-13-2/h3-4,6,8,13H,5,7H2,1-2H3. The van der Waals surface area contributed by atoms with E-state index >= 15 is 0 Å². The zero-order valence-corrected chi connectivity index (χ0v) is 10.3. The summed E-state index contributed by atoms with van der Waals surface area (Å²) >= 11 is 1.76. The van der Waals surface area contributed by atoms with Gasteiger partial charge in [0.2, 0.25) is 0 Å². The lowest BCUT2D eigenvalue weighted by Crippen LogP contribution is -2.09. The minimum Gasteiger partial charge on any atom is -0.319 e. The molecule has 3 nitrogen and oxygen atoms in total. The lowest BCUT2D eigenvalue weighted by Gasteiger charge is -1.95. The van der Waals surface area contributed by atoms with Crippen molar-refractivity contribution in [1.82, 2.24) is 15.3 Å². The third-order valence-corrected chi connectivity index (χ3v) is 3.62. The number of nitrogens with one attached hydrogen (secondary N) is 1. The first kappa shape index (κ1) is 11.2. The van der Waals surface area contributed by atoms with E-state index in [1.165, 1.54) is 9.88 Å². The second-order valence-corrected chi connectivity index (χ2v) is 4.70. The van der Waals surface area contributed by atoms with E-state index in [0.717, 1.165) is 24.2 Å². The number of thiazole rings is 1.